The number of carbonyl (C=O) groups is 1. The summed E-state index contributed by atoms with van der Waals surface area (Å²) in [5, 5.41) is 5.34. The minimum absolute atomic E-state index is 0.247. The lowest BCUT2D eigenvalue weighted by molar-refractivity contribution is -0.118. The highest BCUT2D eigenvalue weighted by atomic mass is 19.1. The van der Waals surface area contributed by atoms with Crippen LogP contribution in [0.4, 0.5) is 4.39 Å². The predicted molar refractivity (Wildman–Crippen MR) is 86.2 cm³/mol. The van der Waals surface area contributed by atoms with E-state index in [0.29, 0.717) is 12.1 Å². The Labute approximate surface area is 132 Å². The summed E-state index contributed by atoms with van der Waals surface area (Å²) in [6.07, 6.45) is 1.97. The number of nitrogens with two attached hydrogens (primary N) is 1. The van der Waals surface area contributed by atoms with Crippen LogP contribution in [0.2, 0.25) is 0 Å². The van der Waals surface area contributed by atoms with Gasteiger partial charge in [0.25, 0.3) is 0 Å². The van der Waals surface area contributed by atoms with Crippen molar-refractivity contribution in [2.24, 2.45) is 5.73 Å². The molecule has 1 aromatic carbocycles. The lowest BCUT2D eigenvalue weighted by Gasteiger charge is -2.06. The molecule has 2 aromatic heterocycles. The number of halogens is 1. The number of amides is 1. The number of fused-ring (bicyclic) bond motifs is 1. The molecule has 2 N–H and O–H groups in total. The second kappa shape index (κ2) is 5.79. The molecule has 3 aromatic rings. The Morgan fingerprint density at radius 1 is 1.30 bits per heavy atom. The smallest absolute Gasteiger partial charge is 0.219 e. The van der Waals surface area contributed by atoms with Gasteiger partial charge in [0.1, 0.15) is 5.82 Å². The molecule has 0 fully saturated rings. The number of primary amides is 1. The van der Waals surface area contributed by atoms with Crippen LogP contribution in [-0.2, 0) is 11.3 Å². The fourth-order valence-corrected chi connectivity index (χ4v) is 2.78. The number of nitrogens with zero attached hydrogens (tertiary/aromatic N) is 3. The molecular weight excluding hydrogens is 295 g/mol. The SMILES string of the molecule is Cc1nn(CCC(N)=O)c(C)c1-c1cnc2cc(F)ccc2c1. The third kappa shape index (κ3) is 2.92. The van der Waals surface area contributed by atoms with Gasteiger partial charge >= 0.3 is 0 Å². The first-order chi connectivity index (χ1) is 11.0. The van der Waals surface area contributed by atoms with Crippen LogP contribution in [0.25, 0.3) is 22.0 Å². The van der Waals surface area contributed by atoms with Crippen LogP contribution in [0.5, 0.6) is 0 Å². The van der Waals surface area contributed by atoms with Gasteiger partial charge in [-0.2, -0.15) is 5.10 Å². The fraction of sp³-hybridized carbons (Fsp3) is 0.235. The van der Waals surface area contributed by atoms with E-state index in [9.17, 15) is 9.18 Å². The Hall–Kier alpha value is -2.76. The molecule has 0 spiro atoms. The van der Waals surface area contributed by atoms with Crippen molar-refractivity contribution in [2.75, 3.05) is 0 Å². The third-order valence-electron chi connectivity index (χ3n) is 3.89. The maximum atomic E-state index is 13.3. The molecule has 0 saturated heterocycles. The zero-order valence-corrected chi connectivity index (χ0v) is 13.0. The van der Waals surface area contributed by atoms with Crippen LogP contribution in [0.15, 0.2) is 30.5 Å². The van der Waals surface area contributed by atoms with Crippen LogP contribution in [0.1, 0.15) is 17.8 Å². The van der Waals surface area contributed by atoms with Crippen molar-refractivity contribution >= 4 is 16.8 Å². The molecule has 23 heavy (non-hydrogen) atoms. The van der Waals surface area contributed by atoms with Gasteiger partial charge in [0.2, 0.25) is 5.91 Å². The average molecular weight is 312 g/mol. The van der Waals surface area contributed by atoms with Crippen molar-refractivity contribution in [1.82, 2.24) is 14.8 Å². The molecule has 0 aliphatic heterocycles. The van der Waals surface area contributed by atoms with E-state index < -0.39 is 0 Å². The first-order valence-corrected chi connectivity index (χ1v) is 7.33. The highest BCUT2D eigenvalue weighted by Crippen LogP contribution is 2.29. The molecule has 118 valence electrons. The molecule has 0 atom stereocenters. The molecule has 0 unspecified atom stereocenters. The van der Waals surface area contributed by atoms with E-state index in [2.05, 4.69) is 10.1 Å². The summed E-state index contributed by atoms with van der Waals surface area (Å²) in [6, 6.07) is 6.51. The first-order valence-electron chi connectivity index (χ1n) is 7.33. The molecule has 0 aliphatic rings. The van der Waals surface area contributed by atoms with E-state index in [1.807, 2.05) is 19.9 Å². The van der Waals surface area contributed by atoms with Gasteiger partial charge in [0.15, 0.2) is 0 Å². The standard InChI is InChI=1S/C17H17FN4O/c1-10-17(11(2)22(21-10)6-5-16(19)23)13-7-12-3-4-14(18)8-15(12)20-9-13/h3-4,7-9H,5-6H2,1-2H3,(H2,19,23). The van der Waals surface area contributed by atoms with E-state index >= 15 is 0 Å². The summed E-state index contributed by atoms with van der Waals surface area (Å²) < 4.78 is 15.0. The summed E-state index contributed by atoms with van der Waals surface area (Å²) in [4.78, 5) is 15.3. The molecule has 0 bridgehead atoms. The van der Waals surface area contributed by atoms with Crippen molar-refractivity contribution in [2.45, 2.75) is 26.8 Å². The predicted octanol–water partition coefficient (Wildman–Crippen LogP) is 2.73. The van der Waals surface area contributed by atoms with Crippen LogP contribution >= 0.6 is 0 Å². The number of benzene rings is 1. The zero-order chi connectivity index (χ0) is 16.6. The number of pyridine rings is 1. The topological polar surface area (TPSA) is 73.8 Å². The molecule has 5 nitrogen and oxygen atoms in total. The summed E-state index contributed by atoms with van der Waals surface area (Å²) in [5.74, 6) is -0.655. The molecule has 0 saturated carbocycles. The van der Waals surface area contributed by atoms with Crippen molar-refractivity contribution in [1.29, 1.82) is 0 Å². The molecule has 6 heteroatoms. The zero-order valence-electron chi connectivity index (χ0n) is 13.0. The molecule has 2 heterocycles. The van der Waals surface area contributed by atoms with E-state index in [1.165, 1.54) is 12.1 Å². The van der Waals surface area contributed by atoms with E-state index in [1.54, 1.807) is 16.9 Å². The van der Waals surface area contributed by atoms with Crippen molar-refractivity contribution in [3.63, 3.8) is 0 Å². The van der Waals surface area contributed by atoms with E-state index in [4.69, 9.17) is 5.73 Å². The third-order valence-corrected chi connectivity index (χ3v) is 3.89. The maximum absolute atomic E-state index is 13.3. The van der Waals surface area contributed by atoms with Crippen molar-refractivity contribution in [3.8, 4) is 11.1 Å². The van der Waals surface area contributed by atoms with Gasteiger partial charge in [0.05, 0.1) is 11.2 Å². The largest absolute Gasteiger partial charge is 0.370 e. The molecule has 0 radical (unpaired) electrons. The Balaban J connectivity index is 2.04. The van der Waals surface area contributed by atoms with Gasteiger partial charge < -0.3 is 5.73 Å². The normalized spacial score (nSPS) is 11.1. The number of aromatic nitrogens is 3. The first kappa shape index (κ1) is 15.1. The van der Waals surface area contributed by atoms with Gasteiger partial charge in [0, 0.05) is 47.4 Å². The maximum Gasteiger partial charge on any atom is 0.219 e. The Bertz CT molecular complexity index is 901. The highest BCUT2D eigenvalue weighted by Gasteiger charge is 2.14. The Kier molecular flexibility index (Phi) is 3.82. The molecule has 0 aliphatic carbocycles. The van der Waals surface area contributed by atoms with Gasteiger partial charge in [-0.05, 0) is 32.0 Å². The lowest BCUT2D eigenvalue weighted by atomic mass is 10.0. The fourth-order valence-electron chi connectivity index (χ4n) is 2.78. The second-order valence-corrected chi connectivity index (χ2v) is 5.55. The average Bonchev–Trinajstić information content (AvgIpc) is 2.79. The summed E-state index contributed by atoms with van der Waals surface area (Å²) in [7, 11) is 0. The summed E-state index contributed by atoms with van der Waals surface area (Å²) in [5.41, 5.74) is 9.52. The quantitative estimate of drug-likeness (QED) is 0.805. The number of hydrogen-bond donors (Lipinski definition) is 1. The number of carbonyl (C=O) groups excluding carboxylic acids is 1. The highest BCUT2D eigenvalue weighted by molar-refractivity contribution is 5.84. The van der Waals surface area contributed by atoms with Crippen LogP contribution in [-0.4, -0.2) is 20.7 Å². The van der Waals surface area contributed by atoms with Crippen LogP contribution < -0.4 is 5.73 Å². The second-order valence-electron chi connectivity index (χ2n) is 5.55. The minimum atomic E-state index is -0.353. The minimum Gasteiger partial charge on any atom is -0.370 e. The van der Waals surface area contributed by atoms with Crippen LogP contribution in [0, 0.1) is 19.7 Å². The van der Waals surface area contributed by atoms with Crippen LogP contribution in [0.3, 0.4) is 0 Å². The summed E-state index contributed by atoms with van der Waals surface area (Å²) in [6.45, 7) is 4.32. The van der Waals surface area contributed by atoms with E-state index in [-0.39, 0.29) is 18.1 Å². The van der Waals surface area contributed by atoms with Gasteiger partial charge in [-0.1, -0.05) is 0 Å². The van der Waals surface area contributed by atoms with Gasteiger partial charge in [-0.15, -0.1) is 0 Å². The monoisotopic (exact) mass is 312 g/mol. The lowest BCUT2D eigenvalue weighted by Crippen LogP contribution is -2.15. The molecule has 3 rings (SSSR count). The van der Waals surface area contributed by atoms with Crippen molar-refractivity contribution in [3.05, 3.63) is 47.7 Å². The summed E-state index contributed by atoms with van der Waals surface area (Å²) >= 11 is 0. The Morgan fingerprint density at radius 2 is 2.09 bits per heavy atom. The van der Waals surface area contributed by atoms with Crippen molar-refractivity contribution < 1.29 is 9.18 Å². The van der Waals surface area contributed by atoms with Gasteiger partial charge in [-0.25, -0.2) is 4.39 Å². The number of aryl methyl sites for hydroxylation is 2. The van der Waals surface area contributed by atoms with E-state index in [0.717, 1.165) is 27.9 Å². The number of hydrogen-bond acceptors (Lipinski definition) is 3. The Morgan fingerprint density at radius 3 is 2.83 bits per heavy atom. The van der Waals surface area contributed by atoms with Gasteiger partial charge in [-0.3, -0.25) is 14.5 Å². The molecular formula is C17H17FN4O. The molecule has 1 amide bonds. The number of rotatable bonds is 4.